The highest BCUT2D eigenvalue weighted by molar-refractivity contribution is 6.33. The molecule has 32 heavy (non-hydrogen) atoms. The number of nitrogens with one attached hydrogen (secondary N) is 1. The number of carbonyl (C=O) groups excluding carboxylic acids is 1. The molecule has 1 aromatic carbocycles. The number of ether oxygens (including phenoxy) is 1. The summed E-state index contributed by atoms with van der Waals surface area (Å²) in [5.74, 6) is -0.311. The number of rotatable bonds is 5. The van der Waals surface area contributed by atoms with E-state index in [4.69, 9.17) is 16.3 Å². The number of fused-ring (bicyclic) bond motifs is 1. The predicted octanol–water partition coefficient (Wildman–Crippen LogP) is 3.55. The van der Waals surface area contributed by atoms with Crippen molar-refractivity contribution in [2.75, 3.05) is 18.0 Å². The Labute approximate surface area is 190 Å². The molecule has 4 rings (SSSR count). The van der Waals surface area contributed by atoms with Gasteiger partial charge in [0.25, 0.3) is 0 Å². The summed E-state index contributed by atoms with van der Waals surface area (Å²) in [5.41, 5.74) is 1.47. The molecule has 9 nitrogen and oxygen atoms in total. The van der Waals surface area contributed by atoms with Crippen LogP contribution in [0.25, 0.3) is 22.2 Å². The average molecular weight is 458 g/mol. The Hall–Kier alpha value is -3.33. The Morgan fingerprint density at radius 1 is 1.22 bits per heavy atom. The van der Waals surface area contributed by atoms with Gasteiger partial charge in [-0.3, -0.25) is 4.79 Å². The number of alkyl carbamates (subject to hydrolysis) is 1. The second-order valence-corrected chi connectivity index (χ2v) is 9.10. The topological polar surface area (TPSA) is 110 Å². The van der Waals surface area contributed by atoms with Crippen LogP contribution in [0.2, 0.25) is 5.02 Å². The minimum Gasteiger partial charge on any atom is -0.480 e. The number of carboxylic acid groups (broad SMARTS) is 1. The van der Waals surface area contributed by atoms with Gasteiger partial charge in [0.1, 0.15) is 29.9 Å². The zero-order valence-electron chi connectivity index (χ0n) is 18.0. The number of nitrogens with zero attached hydrogens (tertiary/aromatic N) is 4. The van der Waals surface area contributed by atoms with Gasteiger partial charge in [-0.05, 0) is 26.8 Å². The SMILES string of the molecule is CC(C)(C)OC(=O)NC1CN(c2ncnc3c2c(-c2ccccc2Cl)cn3CC(=O)O)C1. The molecule has 1 amide bonds. The molecule has 2 N–H and O–H groups in total. The molecule has 1 saturated heterocycles. The number of carbonyl (C=O) groups is 2. The van der Waals surface area contributed by atoms with Crippen molar-refractivity contribution in [2.24, 2.45) is 0 Å². The summed E-state index contributed by atoms with van der Waals surface area (Å²) in [5, 5.41) is 13.5. The first kappa shape index (κ1) is 21.9. The molecule has 0 aliphatic carbocycles. The van der Waals surface area contributed by atoms with Crippen LogP contribution in [0, 0.1) is 0 Å². The van der Waals surface area contributed by atoms with E-state index in [0.29, 0.717) is 29.6 Å². The minimum absolute atomic E-state index is 0.0836. The van der Waals surface area contributed by atoms with Gasteiger partial charge < -0.3 is 24.6 Å². The molecular formula is C22H24ClN5O4. The van der Waals surface area contributed by atoms with E-state index in [-0.39, 0.29) is 12.6 Å². The highest BCUT2D eigenvalue weighted by atomic mass is 35.5. The molecule has 1 fully saturated rings. The second kappa shape index (κ2) is 8.31. The maximum absolute atomic E-state index is 12.0. The summed E-state index contributed by atoms with van der Waals surface area (Å²) >= 11 is 6.45. The lowest BCUT2D eigenvalue weighted by Gasteiger charge is -2.40. The Morgan fingerprint density at radius 2 is 1.94 bits per heavy atom. The van der Waals surface area contributed by atoms with Gasteiger partial charge in [-0.1, -0.05) is 29.8 Å². The molecule has 2 aromatic heterocycles. The molecule has 168 valence electrons. The summed E-state index contributed by atoms with van der Waals surface area (Å²) in [6, 6.07) is 7.28. The third kappa shape index (κ3) is 4.47. The maximum Gasteiger partial charge on any atom is 0.407 e. The van der Waals surface area contributed by atoms with Crippen LogP contribution in [0.5, 0.6) is 0 Å². The van der Waals surface area contributed by atoms with Crippen molar-refractivity contribution in [3.8, 4) is 11.1 Å². The minimum atomic E-state index is -0.974. The highest BCUT2D eigenvalue weighted by Crippen LogP contribution is 2.39. The molecule has 3 aromatic rings. The molecule has 3 heterocycles. The van der Waals surface area contributed by atoms with Gasteiger partial charge in [-0.25, -0.2) is 14.8 Å². The van der Waals surface area contributed by atoms with Crippen molar-refractivity contribution in [3.63, 3.8) is 0 Å². The van der Waals surface area contributed by atoms with Crippen LogP contribution in [-0.2, 0) is 16.1 Å². The van der Waals surface area contributed by atoms with Gasteiger partial charge in [-0.2, -0.15) is 0 Å². The molecule has 1 aliphatic heterocycles. The van der Waals surface area contributed by atoms with E-state index < -0.39 is 17.7 Å². The monoisotopic (exact) mass is 457 g/mol. The number of aromatic nitrogens is 3. The van der Waals surface area contributed by atoms with Crippen molar-refractivity contribution in [3.05, 3.63) is 41.8 Å². The first-order chi connectivity index (χ1) is 15.1. The summed E-state index contributed by atoms with van der Waals surface area (Å²) in [6.45, 7) is 6.29. The number of anilines is 1. The van der Waals surface area contributed by atoms with Gasteiger partial charge in [0, 0.05) is 35.4 Å². The zero-order valence-corrected chi connectivity index (χ0v) is 18.8. The largest absolute Gasteiger partial charge is 0.480 e. The third-order valence-electron chi connectivity index (χ3n) is 5.01. The lowest BCUT2D eigenvalue weighted by molar-refractivity contribution is -0.137. The van der Waals surface area contributed by atoms with Crippen LogP contribution in [0.3, 0.4) is 0 Å². The fourth-order valence-corrected chi connectivity index (χ4v) is 3.95. The third-order valence-corrected chi connectivity index (χ3v) is 5.33. The van der Waals surface area contributed by atoms with Crippen molar-refractivity contribution in [1.29, 1.82) is 0 Å². The normalized spacial score (nSPS) is 14.3. The van der Waals surface area contributed by atoms with Crippen LogP contribution < -0.4 is 10.2 Å². The van der Waals surface area contributed by atoms with E-state index in [1.807, 2.05) is 43.9 Å². The van der Waals surface area contributed by atoms with Crippen LogP contribution >= 0.6 is 11.6 Å². The number of carboxylic acids is 1. The van der Waals surface area contributed by atoms with E-state index in [1.165, 1.54) is 6.33 Å². The summed E-state index contributed by atoms with van der Waals surface area (Å²) in [6.07, 6.45) is 2.70. The summed E-state index contributed by atoms with van der Waals surface area (Å²) < 4.78 is 6.90. The van der Waals surface area contributed by atoms with Crippen molar-refractivity contribution >= 4 is 40.5 Å². The van der Waals surface area contributed by atoms with E-state index in [0.717, 1.165) is 16.5 Å². The quantitative estimate of drug-likeness (QED) is 0.602. The number of halogens is 1. The van der Waals surface area contributed by atoms with Gasteiger partial charge in [0.05, 0.1) is 11.4 Å². The number of hydrogen-bond acceptors (Lipinski definition) is 6. The van der Waals surface area contributed by atoms with Crippen molar-refractivity contribution in [2.45, 2.75) is 39.0 Å². The van der Waals surface area contributed by atoms with Gasteiger partial charge in [-0.15, -0.1) is 0 Å². The van der Waals surface area contributed by atoms with E-state index in [2.05, 4.69) is 15.3 Å². The smallest absolute Gasteiger partial charge is 0.407 e. The lowest BCUT2D eigenvalue weighted by atomic mass is 10.0. The molecule has 0 spiro atoms. The molecule has 0 bridgehead atoms. The molecule has 0 atom stereocenters. The Kier molecular flexibility index (Phi) is 5.68. The van der Waals surface area contributed by atoms with Crippen LogP contribution in [0.1, 0.15) is 20.8 Å². The maximum atomic E-state index is 12.0. The van der Waals surface area contributed by atoms with Crippen LogP contribution in [-0.4, -0.2) is 56.4 Å². The number of benzene rings is 1. The first-order valence-electron chi connectivity index (χ1n) is 10.2. The second-order valence-electron chi connectivity index (χ2n) is 8.69. The first-order valence-corrected chi connectivity index (χ1v) is 10.5. The van der Waals surface area contributed by atoms with E-state index >= 15 is 0 Å². The molecular weight excluding hydrogens is 434 g/mol. The van der Waals surface area contributed by atoms with Gasteiger partial charge in [0.2, 0.25) is 0 Å². The average Bonchev–Trinajstić information content (AvgIpc) is 3.01. The van der Waals surface area contributed by atoms with E-state index in [9.17, 15) is 14.7 Å². The number of aliphatic carboxylic acids is 1. The molecule has 1 aliphatic rings. The molecule has 0 radical (unpaired) electrons. The van der Waals surface area contributed by atoms with Crippen LogP contribution in [0.4, 0.5) is 10.6 Å². The molecule has 0 unspecified atom stereocenters. The van der Waals surface area contributed by atoms with Crippen molar-refractivity contribution in [1.82, 2.24) is 19.9 Å². The fourth-order valence-electron chi connectivity index (χ4n) is 3.71. The number of hydrogen-bond donors (Lipinski definition) is 2. The zero-order chi connectivity index (χ0) is 23.0. The Balaban J connectivity index is 1.66. The summed E-state index contributed by atoms with van der Waals surface area (Å²) in [4.78, 5) is 34.3. The van der Waals surface area contributed by atoms with Crippen molar-refractivity contribution < 1.29 is 19.4 Å². The summed E-state index contributed by atoms with van der Waals surface area (Å²) in [7, 11) is 0. The highest BCUT2D eigenvalue weighted by Gasteiger charge is 2.33. The van der Waals surface area contributed by atoms with Gasteiger partial charge >= 0.3 is 12.1 Å². The van der Waals surface area contributed by atoms with Crippen LogP contribution in [0.15, 0.2) is 36.8 Å². The molecule has 10 heteroatoms. The predicted molar refractivity (Wildman–Crippen MR) is 121 cm³/mol. The van der Waals surface area contributed by atoms with E-state index in [1.54, 1.807) is 16.8 Å². The lowest BCUT2D eigenvalue weighted by Crippen LogP contribution is -2.60. The fraction of sp³-hybridized carbons (Fsp3) is 0.364. The Bertz CT molecular complexity index is 1180. The Morgan fingerprint density at radius 3 is 2.59 bits per heavy atom. The molecule has 0 saturated carbocycles. The van der Waals surface area contributed by atoms with Gasteiger partial charge in [0.15, 0.2) is 0 Å². The number of amides is 1. The standard InChI is InChI=1S/C22H24ClN5O4/c1-22(2,3)32-21(31)26-13-8-27(9-13)19-18-15(14-6-4-5-7-16(14)23)10-28(11-17(29)30)20(18)25-12-24-19/h4-7,10,12-13H,8-9,11H2,1-3H3,(H,26,31)(H,29,30).